The first-order valence-electron chi connectivity index (χ1n) is 15.4. The Balaban J connectivity index is 1.43. The second-order valence-corrected chi connectivity index (χ2v) is 12.2. The molecule has 0 bridgehead atoms. The molecule has 0 saturated carbocycles. The number of phenolic OH excluding ortho intramolecular Hbond substituents is 2. The molecule has 9 heteroatoms. The SMILES string of the molecule is Cc1cc(-c2c(NC(=O)Oc3ccccc3)cccc2Sc2cccc(NC(=O)Oc3ccccc3)c2-c2ccc(O)c(C)c2)ccc1O. The van der Waals surface area contributed by atoms with Gasteiger partial charge in [0.1, 0.15) is 23.0 Å². The smallest absolute Gasteiger partial charge is 0.417 e. The van der Waals surface area contributed by atoms with Crippen LogP contribution in [-0.2, 0) is 0 Å². The molecule has 0 unspecified atom stereocenters. The number of rotatable bonds is 8. The van der Waals surface area contributed by atoms with E-state index in [1.165, 1.54) is 11.8 Å². The number of carbonyl (C=O) groups is 2. The van der Waals surface area contributed by atoms with E-state index < -0.39 is 12.2 Å². The summed E-state index contributed by atoms with van der Waals surface area (Å²) in [5.41, 5.74) is 5.26. The highest BCUT2D eigenvalue weighted by Gasteiger charge is 2.20. The number of anilines is 2. The molecule has 0 aliphatic carbocycles. The summed E-state index contributed by atoms with van der Waals surface area (Å²) in [6.07, 6.45) is -1.32. The van der Waals surface area contributed by atoms with Crippen LogP contribution < -0.4 is 20.1 Å². The zero-order valence-electron chi connectivity index (χ0n) is 26.6. The van der Waals surface area contributed by atoms with Crippen LogP contribution in [0.1, 0.15) is 11.1 Å². The van der Waals surface area contributed by atoms with Crippen LogP contribution in [0, 0.1) is 13.8 Å². The van der Waals surface area contributed by atoms with Gasteiger partial charge in [0.2, 0.25) is 0 Å². The lowest BCUT2D eigenvalue weighted by Crippen LogP contribution is -2.17. The average Bonchev–Trinajstić information content (AvgIpc) is 3.08. The van der Waals surface area contributed by atoms with Gasteiger partial charge in [0, 0.05) is 20.9 Å². The number of nitrogens with one attached hydrogen (secondary N) is 2. The topological polar surface area (TPSA) is 117 Å². The number of aromatic hydroxyl groups is 2. The molecule has 4 N–H and O–H groups in total. The fraction of sp³-hybridized carbons (Fsp3) is 0.0500. The Labute approximate surface area is 288 Å². The molecule has 0 heterocycles. The van der Waals surface area contributed by atoms with Crippen LogP contribution in [0.25, 0.3) is 22.3 Å². The first kappa shape index (κ1) is 32.7. The summed E-state index contributed by atoms with van der Waals surface area (Å²) < 4.78 is 11.1. The molecule has 8 nitrogen and oxygen atoms in total. The lowest BCUT2D eigenvalue weighted by Gasteiger charge is -2.19. The van der Waals surface area contributed by atoms with Crippen LogP contribution in [0.2, 0.25) is 0 Å². The first-order chi connectivity index (χ1) is 23.7. The molecule has 0 saturated heterocycles. The number of aryl methyl sites for hydroxylation is 2. The molecule has 49 heavy (non-hydrogen) atoms. The minimum absolute atomic E-state index is 0.151. The van der Waals surface area contributed by atoms with Crippen molar-refractivity contribution >= 4 is 35.3 Å². The molecule has 244 valence electrons. The van der Waals surface area contributed by atoms with Crippen LogP contribution in [-0.4, -0.2) is 22.4 Å². The Morgan fingerprint density at radius 2 is 0.939 bits per heavy atom. The highest BCUT2D eigenvalue weighted by molar-refractivity contribution is 7.99. The van der Waals surface area contributed by atoms with Gasteiger partial charge in [-0.1, -0.05) is 72.4 Å². The standard InChI is InChI=1S/C40H32N2O6S/c1-25-23-27(19-21-33(25)43)37-31(41-39(45)47-29-11-5-3-6-12-29)15-9-17-35(37)49-36-18-10-16-32(38(36)28-20-22-34(44)26(2)24-28)42-40(46)48-30-13-7-4-8-14-30/h3-24,43-44H,1-2H3,(H,41,45)(H,42,46). The predicted molar refractivity (Wildman–Crippen MR) is 193 cm³/mol. The summed E-state index contributed by atoms with van der Waals surface area (Å²) in [7, 11) is 0. The third-order valence-corrected chi connectivity index (χ3v) is 8.74. The van der Waals surface area contributed by atoms with Gasteiger partial charge in [0.25, 0.3) is 0 Å². The predicted octanol–water partition coefficient (Wildman–Crippen LogP) is 10.4. The molecule has 0 fully saturated rings. The number of carbonyl (C=O) groups excluding carboxylic acids is 2. The van der Waals surface area contributed by atoms with E-state index in [1.54, 1.807) is 98.8 Å². The van der Waals surface area contributed by atoms with Gasteiger partial charge in [0.15, 0.2) is 0 Å². The molecule has 6 aromatic carbocycles. The summed E-state index contributed by atoms with van der Waals surface area (Å²) in [6.45, 7) is 3.61. The summed E-state index contributed by atoms with van der Waals surface area (Å²) in [6, 6.07) is 39.2. The molecule has 0 aliphatic rings. The zero-order chi connectivity index (χ0) is 34.3. The minimum Gasteiger partial charge on any atom is -0.508 e. The van der Waals surface area contributed by atoms with Crippen molar-refractivity contribution in [2.45, 2.75) is 23.6 Å². The lowest BCUT2D eigenvalue weighted by atomic mass is 10.0. The fourth-order valence-electron chi connectivity index (χ4n) is 5.24. The number of para-hydroxylation sites is 2. The van der Waals surface area contributed by atoms with Gasteiger partial charge in [-0.2, -0.15) is 0 Å². The fourth-order valence-corrected chi connectivity index (χ4v) is 6.43. The van der Waals surface area contributed by atoms with Crippen LogP contribution in [0.3, 0.4) is 0 Å². The molecule has 6 rings (SSSR count). The van der Waals surface area contributed by atoms with E-state index >= 15 is 0 Å². The van der Waals surface area contributed by atoms with E-state index in [0.717, 1.165) is 20.9 Å². The van der Waals surface area contributed by atoms with E-state index in [-0.39, 0.29) is 11.5 Å². The second kappa shape index (κ2) is 14.7. The molecular weight excluding hydrogens is 637 g/mol. The summed E-state index contributed by atoms with van der Waals surface area (Å²) in [5.74, 6) is 1.10. The van der Waals surface area contributed by atoms with E-state index in [9.17, 15) is 19.8 Å². The molecular formula is C40H32N2O6S. The van der Waals surface area contributed by atoms with Gasteiger partial charge in [0.05, 0.1) is 11.4 Å². The Morgan fingerprint density at radius 3 is 1.33 bits per heavy atom. The van der Waals surface area contributed by atoms with Gasteiger partial charge >= 0.3 is 12.2 Å². The van der Waals surface area contributed by atoms with Crippen LogP contribution in [0.4, 0.5) is 21.0 Å². The van der Waals surface area contributed by atoms with Crippen LogP contribution in [0.5, 0.6) is 23.0 Å². The van der Waals surface area contributed by atoms with Gasteiger partial charge in [-0.25, -0.2) is 9.59 Å². The quantitative estimate of drug-likeness (QED) is 0.127. The maximum atomic E-state index is 13.1. The van der Waals surface area contributed by atoms with Gasteiger partial charge in [-0.05, 0) is 109 Å². The molecule has 0 aromatic heterocycles. The van der Waals surface area contributed by atoms with Crippen molar-refractivity contribution in [3.05, 3.63) is 145 Å². The number of hydrogen-bond donors (Lipinski definition) is 4. The van der Waals surface area contributed by atoms with E-state index in [0.29, 0.717) is 45.1 Å². The lowest BCUT2D eigenvalue weighted by molar-refractivity contribution is 0.214. The van der Waals surface area contributed by atoms with Crippen molar-refractivity contribution in [2.24, 2.45) is 0 Å². The first-order valence-corrected chi connectivity index (χ1v) is 16.2. The Bertz CT molecular complexity index is 1980. The number of benzene rings is 6. The maximum absolute atomic E-state index is 13.1. The zero-order valence-corrected chi connectivity index (χ0v) is 27.5. The minimum atomic E-state index is -0.659. The number of amides is 2. The largest absolute Gasteiger partial charge is 0.508 e. The van der Waals surface area contributed by atoms with Crippen molar-refractivity contribution < 1.29 is 29.3 Å². The third-order valence-electron chi connectivity index (χ3n) is 7.62. The molecule has 6 aromatic rings. The summed E-state index contributed by atoms with van der Waals surface area (Å²) >= 11 is 1.43. The van der Waals surface area contributed by atoms with Crippen LogP contribution >= 0.6 is 11.8 Å². The summed E-state index contributed by atoms with van der Waals surface area (Å²) in [4.78, 5) is 27.7. The molecule has 0 radical (unpaired) electrons. The van der Waals surface area contributed by atoms with Crippen LogP contribution in [0.15, 0.2) is 143 Å². The maximum Gasteiger partial charge on any atom is 0.417 e. The summed E-state index contributed by atoms with van der Waals surface area (Å²) in [5, 5.41) is 26.4. The highest BCUT2D eigenvalue weighted by atomic mass is 32.2. The van der Waals surface area contributed by atoms with Crippen molar-refractivity contribution in [1.29, 1.82) is 0 Å². The third kappa shape index (κ3) is 7.86. The van der Waals surface area contributed by atoms with E-state index in [4.69, 9.17) is 9.47 Å². The van der Waals surface area contributed by atoms with Gasteiger partial charge in [-0.15, -0.1) is 0 Å². The van der Waals surface area contributed by atoms with Crippen molar-refractivity contribution in [3.8, 4) is 45.3 Å². The molecule has 0 atom stereocenters. The van der Waals surface area contributed by atoms with Gasteiger partial charge < -0.3 is 19.7 Å². The van der Waals surface area contributed by atoms with Crippen molar-refractivity contribution in [2.75, 3.05) is 10.6 Å². The van der Waals surface area contributed by atoms with Crippen molar-refractivity contribution in [1.82, 2.24) is 0 Å². The molecule has 2 amide bonds. The monoisotopic (exact) mass is 668 g/mol. The van der Waals surface area contributed by atoms with E-state index in [1.807, 2.05) is 48.5 Å². The normalized spacial score (nSPS) is 10.7. The number of phenols is 2. The van der Waals surface area contributed by atoms with Crippen molar-refractivity contribution in [3.63, 3.8) is 0 Å². The average molecular weight is 669 g/mol. The molecule has 0 aliphatic heterocycles. The Morgan fingerprint density at radius 1 is 0.531 bits per heavy atom. The van der Waals surface area contributed by atoms with Gasteiger partial charge in [-0.3, -0.25) is 10.6 Å². The Hall–Kier alpha value is -6.19. The number of hydrogen-bond acceptors (Lipinski definition) is 7. The number of ether oxygens (including phenoxy) is 2. The Kier molecular flexibility index (Phi) is 9.83. The second-order valence-electron chi connectivity index (χ2n) is 11.1. The molecule has 0 spiro atoms. The highest BCUT2D eigenvalue weighted by Crippen LogP contribution is 2.46. The van der Waals surface area contributed by atoms with E-state index in [2.05, 4.69) is 10.6 Å².